The molecule has 0 aliphatic heterocycles. The van der Waals surface area contributed by atoms with Crippen LogP contribution in [0.25, 0.3) is 0 Å². The first-order chi connectivity index (χ1) is 10.4. The molecule has 0 spiro atoms. The summed E-state index contributed by atoms with van der Waals surface area (Å²) in [6.45, 7) is 9.69. The number of hydrogen-bond donors (Lipinski definition) is 0. The van der Waals surface area contributed by atoms with Crippen molar-refractivity contribution in [1.82, 2.24) is 0 Å². The zero-order chi connectivity index (χ0) is 16.0. The van der Waals surface area contributed by atoms with E-state index in [2.05, 4.69) is 45.9 Å². The molecule has 1 fully saturated rings. The molecule has 1 aromatic rings. The van der Waals surface area contributed by atoms with Gasteiger partial charge in [-0.2, -0.15) is 0 Å². The van der Waals surface area contributed by atoms with Crippen LogP contribution in [-0.4, -0.2) is 12.1 Å². The molecular formula is C20H30O2. The zero-order valence-corrected chi connectivity index (χ0v) is 14.3. The molecule has 122 valence electrons. The van der Waals surface area contributed by atoms with Crippen molar-refractivity contribution in [3.63, 3.8) is 0 Å². The summed E-state index contributed by atoms with van der Waals surface area (Å²) in [5.74, 6) is 1.00. The van der Waals surface area contributed by atoms with Gasteiger partial charge in [0.1, 0.15) is 5.60 Å². The van der Waals surface area contributed by atoms with Crippen molar-refractivity contribution in [2.45, 2.75) is 76.7 Å². The Hall–Kier alpha value is -1.31. The Labute approximate surface area is 135 Å². The smallest absolute Gasteiger partial charge is 0.293 e. The predicted molar refractivity (Wildman–Crippen MR) is 91.2 cm³/mol. The molecule has 2 aliphatic rings. The van der Waals surface area contributed by atoms with Crippen molar-refractivity contribution < 1.29 is 11.0 Å². The molecule has 3 rings (SSSR count). The summed E-state index contributed by atoms with van der Waals surface area (Å²) in [5, 5.41) is 0. The molecule has 1 unspecified atom stereocenters. The highest BCUT2D eigenvalue weighted by molar-refractivity contribution is 5.44. The van der Waals surface area contributed by atoms with E-state index in [0.717, 1.165) is 25.7 Å². The lowest BCUT2D eigenvalue weighted by Gasteiger charge is -2.54. The highest BCUT2D eigenvalue weighted by Crippen LogP contribution is 2.54. The molecule has 0 amide bonds. The number of carbonyl (C=O) groups is 1. The number of benzene rings is 1. The van der Waals surface area contributed by atoms with Gasteiger partial charge in [-0.25, -0.2) is 0 Å². The van der Waals surface area contributed by atoms with E-state index < -0.39 is 0 Å². The van der Waals surface area contributed by atoms with Crippen LogP contribution in [0.1, 0.15) is 77.4 Å². The molecule has 0 radical (unpaired) electrons. The second-order valence-corrected chi connectivity index (χ2v) is 7.96. The van der Waals surface area contributed by atoms with Crippen LogP contribution in [0, 0.1) is 5.92 Å². The lowest BCUT2D eigenvalue weighted by Crippen LogP contribution is -2.54. The molecule has 1 aromatic carbocycles. The third kappa shape index (κ3) is 2.28. The van der Waals surface area contributed by atoms with Crippen molar-refractivity contribution in [2.75, 3.05) is 0 Å². The molecule has 1 saturated carbocycles. The highest BCUT2D eigenvalue weighted by Gasteiger charge is 2.53. The summed E-state index contributed by atoms with van der Waals surface area (Å²) < 4.78 is 5.60. The van der Waals surface area contributed by atoms with Gasteiger partial charge in [-0.1, -0.05) is 39.0 Å². The third-order valence-corrected chi connectivity index (χ3v) is 6.31. The van der Waals surface area contributed by atoms with Gasteiger partial charge in [0.15, 0.2) is 0 Å². The van der Waals surface area contributed by atoms with E-state index in [-0.39, 0.29) is 12.4 Å². The topological polar surface area (TPSA) is 26.3 Å². The first-order valence-electron chi connectivity index (χ1n) is 8.65. The van der Waals surface area contributed by atoms with Gasteiger partial charge in [-0.15, -0.1) is 0 Å². The van der Waals surface area contributed by atoms with E-state index in [9.17, 15) is 4.79 Å². The Morgan fingerprint density at radius 3 is 2.77 bits per heavy atom. The predicted octanol–water partition coefficient (Wildman–Crippen LogP) is 4.99. The molecule has 0 heterocycles. The van der Waals surface area contributed by atoms with Crippen molar-refractivity contribution in [3.8, 4) is 0 Å². The van der Waals surface area contributed by atoms with Crippen LogP contribution in [0.3, 0.4) is 0 Å². The van der Waals surface area contributed by atoms with Gasteiger partial charge in [0.05, 0.1) is 0 Å². The van der Waals surface area contributed by atoms with Gasteiger partial charge in [-0.05, 0) is 67.1 Å². The minimum atomic E-state index is -0.302. The van der Waals surface area contributed by atoms with E-state index in [0.29, 0.717) is 18.3 Å². The van der Waals surface area contributed by atoms with Gasteiger partial charge in [-0.3, -0.25) is 4.79 Å². The highest BCUT2D eigenvalue weighted by atomic mass is 16.5. The van der Waals surface area contributed by atoms with Gasteiger partial charge >= 0.3 is 0 Å². The van der Waals surface area contributed by atoms with Gasteiger partial charge in [0.2, 0.25) is 0 Å². The van der Waals surface area contributed by atoms with E-state index in [4.69, 9.17) is 4.74 Å². The molecule has 0 N–H and O–H groups in total. The van der Waals surface area contributed by atoms with Crippen LogP contribution in [0.15, 0.2) is 18.2 Å². The maximum absolute atomic E-state index is 11.0. The molecule has 0 saturated heterocycles. The van der Waals surface area contributed by atoms with Crippen molar-refractivity contribution in [2.24, 2.45) is 5.92 Å². The average Bonchev–Trinajstić information content (AvgIpc) is 2.46. The molecule has 2 aliphatic carbocycles. The fraction of sp³-hybridized carbons (Fsp3) is 0.650. The number of rotatable bonds is 3. The number of carbonyl (C=O) groups excluding carboxylic acids is 1. The molecule has 2 heteroatoms. The fourth-order valence-corrected chi connectivity index (χ4v) is 5.06. The molecule has 0 aromatic heterocycles. The standard InChI is InChI=1S/C20H28O2.H2/c1-14(2)15-6-8-17-16(12-15)7-9-18-19(17,3)10-5-11-20(18,4)22-13-21;/h6,8,12-14,18H,5,7,9-11H2,1-4H3;1H/t18?,19-,20-;/m1./s1. The summed E-state index contributed by atoms with van der Waals surface area (Å²) >= 11 is 0. The number of ether oxygens (including phenoxy) is 1. The number of hydrogen-bond acceptors (Lipinski definition) is 2. The van der Waals surface area contributed by atoms with Crippen LogP contribution >= 0.6 is 0 Å². The Morgan fingerprint density at radius 1 is 1.32 bits per heavy atom. The Balaban J connectivity index is 0.00000192. The van der Waals surface area contributed by atoms with E-state index >= 15 is 0 Å². The second kappa shape index (κ2) is 5.40. The number of fused-ring (bicyclic) bond motifs is 3. The lowest BCUT2D eigenvalue weighted by molar-refractivity contribution is -0.158. The maximum atomic E-state index is 11.0. The Morgan fingerprint density at radius 2 is 2.09 bits per heavy atom. The summed E-state index contributed by atoms with van der Waals surface area (Å²) in [6.07, 6.45) is 5.54. The van der Waals surface area contributed by atoms with Crippen LogP contribution in [0.5, 0.6) is 0 Å². The zero-order valence-electron chi connectivity index (χ0n) is 14.3. The Kier molecular flexibility index (Phi) is 3.82. The fourth-order valence-electron chi connectivity index (χ4n) is 5.06. The molecule has 0 bridgehead atoms. The monoisotopic (exact) mass is 302 g/mol. The van der Waals surface area contributed by atoms with Gasteiger partial charge in [0.25, 0.3) is 6.47 Å². The summed E-state index contributed by atoms with van der Waals surface area (Å²) in [6, 6.07) is 7.06. The largest absolute Gasteiger partial charge is 0.461 e. The molecule has 3 atom stereocenters. The average molecular weight is 302 g/mol. The first-order valence-corrected chi connectivity index (χ1v) is 8.65. The van der Waals surface area contributed by atoms with Crippen LogP contribution in [0.2, 0.25) is 0 Å². The normalized spacial score (nSPS) is 34.0. The molecule has 2 nitrogen and oxygen atoms in total. The van der Waals surface area contributed by atoms with E-state index in [1.165, 1.54) is 23.1 Å². The maximum Gasteiger partial charge on any atom is 0.293 e. The van der Waals surface area contributed by atoms with Gasteiger partial charge < -0.3 is 4.74 Å². The van der Waals surface area contributed by atoms with Crippen molar-refractivity contribution >= 4 is 6.47 Å². The third-order valence-electron chi connectivity index (χ3n) is 6.31. The SMILES string of the molecule is CC(C)c1ccc2c(c1)CCC1[C@](C)(OC=O)CCC[C@]21C.[HH]. The van der Waals surface area contributed by atoms with Crippen LogP contribution in [0.4, 0.5) is 0 Å². The lowest BCUT2D eigenvalue weighted by atomic mass is 9.53. The van der Waals surface area contributed by atoms with Crippen molar-refractivity contribution in [3.05, 3.63) is 34.9 Å². The number of aryl methyl sites for hydroxylation is 1. The van der Waals surface area contributed by atoms with E-state index in [1.807, 2.05) is 0 Å². The summed E-state index contributed by atoms with van der Waals surface area (Å²) in [5.41, 5.74) is 4.28. The molecule has 22 heavy (non-hydrogen) atoms. The summed E-state index contributed by atoms with van der Waals surface area (Å²) in [7, 11) is 0. The first kappa shape index (κ1) is 15.6. The Bertz CT molecular complexity index is 583. The minimum Gasteiger partial charge on any atom is -0.461 e. The van der Waals surface area contributed by atoms with Crippen molar-refractivity contribution in [1.29, 1.82) is 0 Å². The minimum absolute atomic E-state index is 0. The molecular weight excluding hydrogens is 272 g/mol. The van der Waals surface area contributed by atoms with Gasteiger partial charge in [0, 0.05) is 7.34 Å². The van der Waals surface area contributed by atoms with E-state index in [1.54, 1.807) is 0 Å². The second-order valence-electron chi connectivity index (χ2n) is 7.96. The van der Waals surface area contributed by atoms with Crippen LogP contribution in [-0.2, 0) is 21.4 Å². The quantitative estimate of drug-likeness (QED) is 0.735. The van der Waals surface area contributed by atoms with Crippen LogP contribution < -0.4 is 0 Å². The summed E-state index contributed by atoms with van der Waals surface area (Å²) in [4.78, 5) is 11.0.